The van der Waals surface area contributed by atoms with Gasteiger partial charge in [0, 0.05) is 6.54 Å². The Kier molecular flexibility index (Phi) is 4.21. The summed E-state index contributed by atoms with van der Waals surface area (Å²) in [6, 6.07) is 1.89. The predicted molar refractivity (Wildman–Crippen MR) is 57.7 cm³/mol. The molecule has 1 aromatic rings. The number of rotatable bonds is 3. The van der Waals surface area contributed by atoms with E-state index in [1.165, 1.54) is 0 Å². The van der Waals surface area contributed by atoms with Gasteiger partial charge in [0.15, 0.2) is 0 Å². The van der Waals surface area contributed by atoms with Crippen LogP contribution in [0.5, 0.6) is 0 Å². The van der Waals surface area contributed by atoms with Crippen molar-refractivity contribution in [1.82, 2.24) is 9.78 Å². The average Bonchev–Trinajstić information content (AvgIpc) is 2.62. The largest absolute Gasteiger partial charge is 0.318 e. The number of aromatic nitrogens is 2. The van der Waals surface area contributed by atoms with Crippen LogP contribution in [0.4, 0.5) is 0 Å². The van der Waals surface area contributed by atoms with Gasteiger partial charge in [0.05, 0.1) is 12.2 Å². The fourth-order valence-electron chi connectivity index (χ4n) is 1.10. The van der Waals surface area contributed by atoms with Crippen LogP contribution in [-0.4, -0.2) is 15.8 Å². The molecule has 3 heteroatoms. The van der Waals surface area contributed by atoms with E-state index in [0.29, 0.717) is 0 Å². The summed E-state index contributed by atoms with van der Waals surface area (Å²) in [5.74, 6) is 6.05. The molecular weight excluding hydrogens is 174 g/mol. The Bertz CT molecular complexity index is 330. The minimum atomic E-state index is -0.0278. The normalized spacial score (nSPS) is 11.9. The van der Waals surface area contributed by atoms with Crippen molar-refractivity contribution >= 4 is 0 Å². The van der Waals surface area contributed by atoms with Crippen LogP contribution in [0, 0.1) is 11.8 Å². The molecule has 0 spiro atoms. The fourth-order valence-corrected chi connectivity index (χ4v) is 1.10. The van der Waals surface area contributed by atoms with Gasteiger partial charge in [-0.05, 0) is 24.8 Å². The zero-order valence-corrected chi connectivity index (χ0v) is 8.83. The molecule has 0 aromatic carbocycles. The van der Waals surface area contributed by atoms with Crippen LogP contribution in [0.3, 0.4) is 0 Å². The molecule has 0 aliphatic heterocycles. The quantitative estimate of drug-likeness (QED) is 0.733. The molecule has 0 aliphatic carbocycles. The van der Waals surface area contributed by atoms with E-state index in [2.05, 4.69) is 23.9 Å². The number of nitrogens with two attached hydrogens (primary N) is 1. The van der Waals surface area contributed by atoms with Crippen LogP contribution in [0.25, 0.3) is 0 Å². The van der Waals surface area contributed by atoms with E-state index < -0.39 is 0 Å². The van der Waals surface area contributed by atoms with E-state index in [1.807, 2.05) is 17.7 Å². The maximum absolute atomic E-state index is 5.71. The van der Waals surface area contributed by atoms with Gasteiger partial charge in [-0.25, -0.2) is 0 Å². The maximum atomic E-state index is 5.71. The minimum Gasteiger partial charge on any atom is -0.318 e. The first-order valence-corrected chi connectivity index (χ1v) is 5.06. The van der Waals surface area contributed by atoms with E-state index in [4.69, 9.17) is 5.73 Å². The molecule has 1 heterocycles. The van der Waals surface area contributed by atoms with E-state index >= 15 is 0 Å². The van der Waals surface area contributed by atoms with E-state index in [-0.39, 0.29) is 6.04 Å². The third kappa shape index (κ3) is 2.90. The lowest BCUT2D eigenvalue weighted by Crippen LogP contribution is -2.15. The lowest BCUT2D eigenvalue weighted by molar-refractivity contribution is 0.597. The zero-order chi connectivity index (χ0) is 10.4. The molecule has 1 atom stereocenters. The summed E-state index contributed by atoms with van der Waals surface area (Å²) in [7, 11) is 0. The maximum Gasteiger partial charge on any atom is 0.111 e. The van der Waals surface area contributed by atoms with Gasteiger partial charge in [-0.3, -0.25) is 4.68 Å². The zero-order valence-electron chi connectivity index (χ0n) is 8.83. The Morgan fingerprint density at radius 2 is 2.36 bits per heavy atom. The van der Waals surface area contributed by atoms with Crippen LogP contribution in [0.15, 0.2) is 12.3 Å². The van der Waals surface area contributed by atoms with E-state index in [0.717, 1.165) is 25.1 Å². The first-order chi connectivity index (χ1) is 6.77. The third-order valence-electron chi connectivity index (χ3n) is 1.98. The van der Waals surface area contributed by atoms with Crippen LogP contribution in [0.2, 0.25) is 0 Å². The molecule has 0 bridgehead atoms. The van der Waals surface area contributed by atoms with E-state index in [1.54, 1.807) is 6.20 Å². The van der Waals surface area contributed by atoms with Crippen molar-refractivity contribution in [3.63, 3.8) is 0 Å². The standard InChI is InChI=1S/C11H17N3/c1-3-9-14-11(7-8-13-14)6-5-10(12)4-2/h7-8,10H,3-4,9,12H2,1-2H3. The second-order valence-corrected chi connectivity index (χ2v) is 3.22. The fraction of sp³-hybridized carbons (Fsp3) is 0.545. The summed E-state index contributed by atoms with van der Waals surface area (Å²) in [5.41, 5.74) is 6.66. The SMILES string of the molecule is CCCn1nccc1C#CC(N)CC. The minimum absolute atomic E-state index is 0.0278. The summed E-state index contributed by atoms with van der Waals surface area (Å²) in [4.78, 5) is 0. The monoisotopic (exact) mass is 191 g/mol. The molecule has 2 N–H and O–H groups in total. The number of aryl methyl sites for hydroxylation is 1. The van der Waals surface area contributed by atoms with Gasteiger partial charge in [-0.1, -0.05) is 19.8 Å². The Balaban J connectivity index is 2.73. The number of nitrogens with zero attached hydrogens (tertiary/aromatic N) is 2. The summed E-state index contributed by atoms with van der Waals surface area (Å²) >= 11 is 0. The average molecular weight is 191 g/mol. The molecule has 0 fully saturated rings. The van der Waals surface area contributed by atoms with Crippen molar-refractivity contribution in [3.05, 3.63) is 18.0 Å². The van der Waals surface area contributed by atoms with Gasteiger partial charge < -0.3 is 5.73 Å². The van der Waals surface area contributed by atoms with Gasteiger partial charge in [0.1, 0.15) is 5.69 Å². The molecule has 0 saturated carbocycles. The predicted octanol–water partition coefficient (Wildman–Crippen LogP) is 1.38. The Hall–Kier alpha value is -1.27. The lowest BCUT2D eigenvalue weighted by atomic mass is 10.2. The highest BCUT2D eigenvalue weighted by molar-refractivity contribution is 5.28. The second-order valence-electron chi connectivity index (χ2n) is 3.22. The van der Waals surface area contributed by atoms with Gasteiger partial charge in [0.25, 0.3) is 0 Å². The van der Waals surface area contributed by atoms with Crippen molar-refractivity contribution in [1.29, 1.82) is 0 Å². The smallest absolute Gasteiger partial charge is 0.111 e. The molecule has 1 aromatic heterocycles. The van der Waals surface area contributed by atoms with Crippen LogP contribution >= 0.6 is 0 Å². The van der Waals surface area contributed by atoms with Crippen LogP contribution in [0.1, 0.15) is 32.4 Å². The Morgan fingerprint density at radius 1 is 1.57 bits per heavy atom. The molecule has 0 aliphatic rings. The van der Waals surface area contributed by atoms with Gasteiger partial charge in [-0.2, -0.15) is 5.10 Å². The molecule has 0 radical (unpaired) electrons. The van der Waals surface area contributed by atoms with Gasteiger partial charge in [-0.15, -0.1) is 0 Å². The molecular formula is C11H17N3. The molecule has 14 heavy (non-hydrogen) atoms. The topological polar surface area (TPSA) is 43.8 Å². The van der Waals surface area contributed by atoms with Crippen LogP contribution in [-0.2, 0) is 6.54 Å². The highest BCUT2D eigenvalue weighted by Gasteiger charge is 1.97. The van der Waals surface area contributed by atoms with Crippen LogP contribution < -0.4 is 5.73 Å². The van der Waals surface area contributed by atoms with Gasteiger partial charge >= 0.3 is 0 Å². The first-order valence-electron chi connectivity index (χ1n) is 5.06. The third-order valence-corrected chi connectivity index (χ3v) is 1.98. The highest BCUT2D eigenvalue weighted by Crippen LogP contribution is 1.98. The van der Waals surface area contributed by atoms with Crippen molar-refractivity contribution in [2.75, 3.05) is 0 Å². The van der Waals surface area contributed by atoms with Crippen molar-refractivity contribution < 1.29 is 0 Å². The molecule has 0 amide bonds. The summed E-state index contributed by atoms with van der Waals surface area (Å²) in [6.45, 7) is 5.07. The highest BCUT2D eigenvalue weighted by atomic mass is 15.3. The summed E-state index contributed by atoms with van der Waals surface area (Å²) < 4.78 is 1.91. The molecule has 0 saturated heterocycles. The summed E-state index contributed by atoms with van der Waals surface area (Å²) in [6.07, 6.45) is 3.72. The van der Waals surface area contributed by atoms with Crippen molar-refractivity contribution in [2.45, 2.75) is 39.3 Å². The molecule has 76 valence electrons. The number of hydrogen-bond donors (Lipinski definition) is 1. The van der Waals surface area contributed by atoms with Crippen molar-refractivity contribution in [3.8, 4) is 11.8 Å². The second kappa shape index (κ2) is 5.46. The van der Waals surface area contributed by atoms with E-state index in [9.17, 15) is 0 Å². The molecule has 1 unspecified atom stereocenters. The first kappa shape index (κ1) is 10.8. The molecule has 1 rings (SSSR count). The Morgan fingerprint density at radius 3 is 3.00 bits per heavy atom. The lowest BCUT2D eigenvalue weighted by Gasteiger charge is -2.00. The Labute approximate surface area is 85.3 Å². The number of hydrogen-bond acceptors (Lipinski definition) is 2. The molecule has 3 nitrogen and oxygen atoms in total. The summed E-state index contributed by atoms with van der Waals surface area (Å²) in [5, 5.41) is 4.18. The van der Waals surface area contributed by atoms with Crippen molar-refractivity contribution in [2.24, 2.45) is 5.73 Å². The van der Waals surface area contributed by atoms with Gasteiger partial charge in [0.2, 0.25) is 0 Å².